The summed E-state index contributed by atoms with van der Waals surface area (Å²) in [6.45, 7) is 6.71. The van der Waals surface area contributed by atoms with Crippen LogP contribution < -0.4 is 11.3 Å². The zero-order chi connectivity index (χ0) is 13.1. The highest BCUT2D eigenvalue weighted by Crippen LogP contribution is 2.40. The van der Waals surface area contributed by atoms with Crippen LogP contribution in [-0.2, 0) is 0 Å². The Morgan fingerprint density at radius 2 is 2.22 bits per heavy atom. The maximum absolute atomic E-state index is 5.84. The number of thiophene rings is 1. The fraction of sp³-hybridized carbons (Fsp3) is 0.733. The predicted octanol–water partition coefficient (Wildman–Crippen LogP) is 4.09. The maximum atomic E-state index is 5.84. The molecule has 18 heavy (non-hydrogen) atoms. The van der Waals surface area contributed by atoms with Gasteiger partial charge in [-0.1, -0.05) is 26.2 Å². The Morgan fingerprint density at radius 3 is 2.78 bits per heavy atom. The van der Waals surface area contributed by atoms with Crippen LogP contribution in [0.5, 0.6) is 0 Å². The van der Waals surface area contributed by atoms with E-state index in [9.17, 15) is 0 Å². The summed E-state index contributed by atoms with van der Waals surface area (Å²) in [4.78, 5) is 2.85. The van der Waals surface area contributed by atoms with E-state index in [2.05, 4.69) is 32.3 Å². The van der Waals surface area contributed by atoms with Crippen molar-refractivity contribution in [3.05, 3.63) is 21.4 Å². The van der Waals surface area contributed by atoms with Crippen LogP contribution in [-0.4, -0.2) is 0 Å². The summed E-state index contributed by atoms with van der Waals surface area (Å²) in [6.07, 6.45) is 6.75. The van der Waals surface area contributed by atoms with Gasteiger partial charge in [-0.05, 0) is 50.2 Å². The summed E-state index contributed by atoms with van der Waals surface area (Å²) >= 11 is 1.91. The molecule has 0 spiro atoms. The molecule has 1 aromatic rings. The molecule has 3 N–H and O–H groups in total. The van der Waals surface area contributed by atoms with Gasteiger partial charge in [-0.25, -0.2) is 0 Å². The lowest BCUT2D eigenvalue weighted by Gasteiger charge is -2.33. The van der Waals surface area contributed by atoms with Gasteiger partial charge < -0.3 is 0 Å². The summed E-state index contributed by atoms with van der Waals surface area (Å²) in [5.74, 6) is 7.46. The predicted molar refractivity (Wildman–Crippen MR) is 79.6 cm³/mol. The largest absolute Gasteiger partial charge is 0.271 e. The first-order chi connectivity index (χ1) is 8.65. The van der Waals surface area contributed by atoms with Crippen molar-refractivity contribution in [2.45, 2.75) is 58.9 Å². The third-order valence-corrected chi connectivity index (χ3v) is 5.78. The number of rotatable bonds is 4. The van der Waals surface area contributed by atoms with Gasteiger partial charge in [0.2, 0.25) is 0 Å². The molecule has 102 valence electrons. The molecule has 3 atom stereocenters. The van der Waals surface area contributed by atoms with Crippen molar-refractivity contribution in [1.82, 2.24) is 5.43 Å². The highest BCUT2D eigenvalue weighted by molar-refractivity contribution is 7.12. The lowest BCUT2D eigenvalue weighted by Crippen LogP contribution is -2.35. The molecule has 3 unspecified atom stereocenters. The van der Waals surface area contributed by atoms with Crippen molar-refractivity contribution in [1.29, 1.82) is 0 Å². The smallest absolute Gasteiger partial charge is 0.0581 e. The molecule has 1 heterocycles. The van der Waals surface area contributed by atoms with Gasteiger partial charge in [-0.15, -0.1) is 11.3 Å². The Hall–Kier alpha value is -0.380. The van der Waals surface area contributed by atoms with Crippen molar-refractivity contribution in [3.8, 4) is 0 Å². The van der Waals surface area contributed by atoms with Gasteiger partial charge in [-0.2, -0.15) is 0 Å². The Balaban J connectivity index is 2.12. The van der Waals surface area contributed by atoms with Crippen LogP contribution >= 0.6 is 11.3 Å². The number of hydrazine groups is 1. The lowest BCUT2D eigenvalue weighted by atomic mass is 9.76. The van der Waals surface area contributed by atoms with Gasteiger partial charge in [0.05, 0.1) is 6.04 Å². The zero-order valence-corrected chi connectivity index (χ0v) is 12.6. The Bertz CT molecular complexity index is 366. The van der Waals surface area contributed by atoms with Crippen molar-refractivity contribution in [3.63, 3.8) is 0 Å². The van der Waals surface area contributed by atoms with Gasteiger partial charge >= 0.3 is 0 Å². The molecule has 1 aromatic heterocycles. The van der Waals surface area contributed by atoms with Gasteiger partial charge in [0.1, 0.15) is 0 Å². The molecule has 0 radical (unpaired) electrons. The minimum Gasteiger partial charge on any atom is -0.271 e. The molecule has 1 fully saturated rings. The zero-order valence-electron chi connectivity index (χ0n) is 11.8. The molecule has 0 saturated heterocycles. The first-order valence-electron chi connectivity index (χ1n) is 7.18. The van der Waals surface area contributed by atoms with Crippen LogP contribution in [0, 0.1) is 25.7 Å². The Kier molecular flexibility index (Phi) is 4.82. The van der Waals surface area contributed by atoms with Crippen LogP contribution in [0.25, 0.3) is 0 Å². The molecule has 0 amide bonds. The van der Waals surface area contributed by atoms with E-state index in [4.69, 9.17) is 5.84 Å². The second-order valence-corrected chi connectivity index (χ2v) is 7.02. The molecule has 1 aliphatic carbocycles. The van der Waals surface area contributed by atoms with E-state index in [-0.39, 0.29) is 0 Å². The van der Waals surface area contributed by atoms with E-state index in [1.54, 1.807) is 0 Å². The Morgan fingerprint density at radius 1 is 1.44 bits per heavy atom. The standard InChI is InChI=1S/C15H26N2S/c1-4-12-6-5-7-13(9-12)15(17-16)14-8-10(2)11(3)18-14/h8,12-13,15,17H,4-7,9,16H2,1-3H3. The highest BCUT2D eigenvalue weighted by atomic mass is 32.1. The normalized spacial score (nSPS) is 26.2. The second kappa shape index (κ2) is 6.18. The van der Waals surface area contributed by atoms with Crippen LogP contribution in [0.2, 0.25) is 0 Å². The monoisotopic (exact) mass is 266 g/mol. The van der Waals surface area contributed by atoms with E-state index in [1.807, 2.05) is 11.3 Å². The van der Waals surface area contributed by atoms with Crippen LogP contribution in [0.3, 0.4) is 0 Å². The van der Waals surface area contributed by atoms with E-state index >= 15 is 0 Å². The van der Waals surface area contributed by atoms with E-state index in [0.29, 0.717) is 12.0 Å². The van der Waals surface area contributed by atoms with Crippen LogP contribution in [0.1, 0.15) is 60.4 Å². The number of hydrogen-bond donors (Lipinski definition) is 2. The highest BCUT2D eigenvalue weighted by Gasteiger charge is 2.29. The Labute approximate surface area is 115 Å². The summed E-state index contributed by atoms with van der Waals surface area (Å²) in [7, 11) is 0. The van der Waals surface area contributed by atoms with Crippen molar-refractivity contribution >= 4 is 11.3 Å². The summed E-state index contributed by atoms with van der Waals surface area (Å²) < 4.78 is 0. The molecule has 2 nitrogen and oxygen atoms in total. The molecular formula is C15H26N2S. The van der Waals surface area contributed by atoms with Crippen molar-refractivity contribution < 1.29 is 0 Å². The minimum absolute atomic E-state index is 0.358. The maximum Gasteiger partial charge on any atom is 0.0581 e. The summed E-state index contributed by atoms with van der Waals surface area (Å²) in [5.41, 5.74) is 4.48. The van der Waals surface area contributed by atoms with E-state index in [1.165, 1.54) is 47.4 Å². The van der Waals surface area contributed by atoms with Gasteiger partial charge in [0, 0.05) is 9.75 Å². The van der Waals surface area contributed by atoms with Gasteiger partial charge in [0.15, 0.2) is 0 Å². The topological polar surface area (TPSA) is 38.0 Å². The van der Waals surface area contributed by atoms with Crippen molar-refractivity contribution in [2.24, 2.45) is 17.7 Å². The van der Waals surface area contributed by atoms with Gasteiger partial charge in [-0.3, -0.25) is 11.3 Å². The number of hydrogen-bond acceptors (Lipinski definition) is 3. The first kappa shape index (κ1) is 14.0. The molecule has 1 aliphatic rings. The van der Waals surface area contributed by atoms with Gasteiger partial charge in [0.25, 0.3) is 0 Å². The van der Waals surface area contributed by atoms with Crippen LogP contribution in [0.15, 0.2) is 6.07 Å². The van der Waals surface area contributed by atoms with Crippen molar-refractivity contribution in [2.75, 3.05) is 0 Å². The molecular weight excluding hydrogens is 240 g/mol. The first-order valence-corrected chi connectivity index (χ1v) is 8.00. The minimum atomic E-state index is 0.358. The average Bonchev–Trinajstić information content (AvgIpc) is 2.70. The quantitative estimate of drug-likeness (QED) is 0.636. The molecule has 0 aliphatic heterocycles. The SMILES string of the molecule is CCC1CCCC(C(NN)c2cc(C)c(C)s2)C1. The van der Waals surface area contributed by atoms with Crippen LogP contribution in [0.4, 0.5) is 0 Å². The lowest BCUT2D eigenvalue weighted by molar-refractivity contribution is 0.212. The third kappa shape index (κ3) is 2.95. The molecule has 3 heteroatoms. The number of nitrogens with one attached hydrogen (secondary N) is 1. The molecule has 0 bridgehead atoms. The molecule has 2 rings (SSSR count). The molecule has 1 saturated carbocycles. The second-order valence-electron chi connectivity index (χ2n) is 5.73. The average molecular weight is 266 g/mol. The summed E-state index contributed by atoms with van der Waals surface area (Å²) in [6, 6.07) is 2.68. The number of aryl methyl sites for hydroxylation is 2. The fourth-order valence-electron chi connectivity index (χ4n) is 3.21. The summed E-state index contributed by atoms with van der Waals surface area (Å²) in [5, 5.41) is 0. The fourth-order valence-corrected chi connectivity index (χ4v) is 4.41. The van der Waals surface area contributed by atoms with E-state index in [0.717, 1.165) is 5.92 Å². The molecule has 0 aromatic carbocycles. The number of nitrogens with two attached hydrogens (primary N) is 1. The van der Waals surface area contributed by atoms with E-state index < -0.39 is 0 Å². The third-order valence-electron chi connectivity index (χ3n) is 4.54.